The third-order valence-corrected chi connectivity index (χ3v) is 1.77. The minimum atomic E-state index is 0.772. The van der Waals surface area contributed by atoms with Crippen LogP contribution in [0.1, 0.15) is 5.69 Å². The maximum Gasteiger partial charge on any atom is 0.187 e. The van der Waals surface area contributed by atoms with Crippen molar-refractivity contribution in [2.24, 2.45) is 0 Å². The SMILES string of the molecule is COC=Cc1ccnc(SC)n1. The Kier molecular flexibility index (Phi) is 3.60. The van der Waals surface area contributed by atoms with E-state index < -0.39 is 0 Å². The second-order valence-corrected chi connectivity index (χ2v) is 2.78. The summed E-state index contributed by atoms with van der Waals surface area (Å²) in [7, 11) is 1.60. The molecule has 4 heteroatoms. The highest BCUT2D eigenvalue weighted by Crippen LogP contribution is 2.08. The van der Waals surface area contributed by atoms with Crippen LogP contribution in [0, 0.1) is 0 Å². The zero-order valence-electron chi connectivity index (χ0n) is 7.02. The minimum Gasteiger partial charge on any atom is -0.504 e. The van der Waals surface area contributed by atoms with Crippen LogP contribution < -0.4 is 0 Å². The van der Waals surface area contributed by atoms with Crippen molar-refractivity contribution in [3.63, 3.8) is 0 Å². The molecule has 0 spiro atoms. The van der Waals surface area contributed by atoms with E-state index >= 15 is 0 Å². The predicted octanol–water partition coefficient (Wildman–Crippen LogP) is 1.82. The van der Waals surface area contributed by atoms with Crippen molar-refractivity contribution < 1.29 is 4.74 Å². The Bertz CT molecular complexity index is 276. The molecule has 1 aromatic rings. The Labute approximate surface area is 75.9 Å². The second kappa shape index (κ2) is 4.77. The van der Waals surface area contributed by atoms with Gasteiger partial charge >= 0.3 is 0 Å². The van der Waals surface area contributed by atoms with E-state index in [1.807, 2.05) is 12.3 Å². The first-order valence-corrected chi connectivity index (χ1v) is 4.65. The van der Waals surface area contributed by atoms with Gasteiger partial charge in [0.15, 0.2) is 5.16 Å². The van der Waals surface area contributed by atoms with Gasteiger partial charge in [0, 0.05) is 6.20 Å². The molecule has 0 bridgehead atoms. The Hall–Kier alpha value is -1.03. The third-order valence-electron chi connectivity index (χ3n) is 1.21. The summed E-state index contributed by atoms with van der Waals surface area (Å²) in [6.07, 6.45) is 7.06. The smallest absolute Gasteiger partial charge is 0.187 e. The fourth-order valence-electron chi connectivity index (χ4n) is 0.683. The van der Waals surface area contributed by atoms with E-state index in [0.717, 1.165) is 10.9 Å². The van der Waals surface area contributed by atoms with Crippen LogP contribution in [-0.2, 0) is 4.74 Å². The standard InChI is InChI=1S/C8H10N2OS/c1-11-6-4-7-3-5-9-8(10-7)12-2/h3-6H,1-2H3. The molecule has 0 aliphatic carbocycles. The molecule has 1 heterocycles. The first-order valence-electron chi connectivity index (χ1n) is 3.43. The van der Waals surface area contributed by atoms with Crippen molar-refractivity contribution in [3.8, 4) is 0 Å². The van der Waals surface area contributed by atoms with Crippen LogP contribution in [0.5, 0.6) is 0 Å². The average Bonchev–Trinajstić information content (AvgIpc) is 2.15. The van der Waals surface area contributed by atoms with Crippen LogP contribution in [0.2, 0.25) is 0 Å². The van der Waals surface area contributed by atoms with E-state index in [-0.39, 0.29) is 0 Å². The van der Waals surface area contributed by atoms with E-state index in [0.29, 0.717) is 0 Å². The zero-order chi connectivity index (χ0) is 8.81. The molecule has 0 aliphatic rings. The number of rotatable bonds is 3. The van der Waals surface area contributed by atoms with E-state index in [4.69, 9.17) is 4.74 Å². The van der Waals surface area contributed by atoms with Crippen LogP contribution in [0.25, 0.3) is 6.08 Å². The summed E-state index contributed by atoms with van der Waals surface area (Å²) in [5.74, 6) is 0. The Morgan fingerprint density at radius 2 is 2.42 bits per heavy atom. The minimum absolute atomic E-state index is 0.772. The summed E-state index contributed by atoms with van der Waals surface area (Å²) >= 11 is 1.52. The van der Waals surface area contributed by atoms with Gasteiger partial charge in [0.1, 0.15) is 0 Å². The quantitative estimate of drug-likeness (QED) is 0.406. The molecule has 0 saturated carbocycles. The number of methoxy groups -OCH3 is 1. The van der Waals surface area contributed by atoms with Gasteiger partial charge < -0.3 is 4.74 Å². The molecule has 64 valence electrons. The molecule has 1 aromatic heterocycles. The highest BCUT2D eigenvalue weighted by molar-refractivity contribution is 7.98. The lowest BCUT2D eigenvalue weighted by Gasteiger charge is -1.95. The van der Waals surface area contributed by atoms with Crippen molar-refractivity contribution in [1.82, 2.24) is 9.97 Å². The molecule has 0 N–H and O–H groups in total. The van der Waals surface area contributed by atoms with Gasteiger partial charge in [-0.3, -0.25) is 0 Å². The first kappa shape index (κ1) is 9.06. The van der Waals surface area contributed by atoms with E-state index in [1.165, 1.54) is 11.8 Å². The lowest BCUT2D eigenvalue weighted by molar-refractivity contribution is 0.341. The van der Waals surface area contributed by atoms with Crippen LogP contribution in [0.15, 0.2) is 23.7 Å². The van der Waals surface area contributed by atoms with Gasteiger partial charge in [-0.25, -0.2) is 9.97 Å². The van der Waals surface area contributed by atoms with Gasteiger partial charge in [0.2, 0.25) is 0 Å². The number of thioether (sulfide) groups is 1. The van der Waals surface area contributed by atoms with Gasteiger partial charge in [-0.2, -0.15) is 0 Å². The lowest BCUT2D eigenvalue weighted by atomic mass is 10.4. The molecule has 0 amide bonds. The third kappa shape index (κ3) is 2.54. The molecule has 0 saturated heterocycles. The molecule has 0 radical (unpaired) electrons. The van der Waals surface area contributed by atoms with E-state index in [9.17, 15) is 0 Å². The molecule has 12 heavy (non-hydrogen) atoms. The summed E-state index contributed by atoms with van der Waals surface area (Å²) in [6.45, 7) is 0. The zero-order valence-corrected chi connectivity index (χ0v) is 7.84. The highest BCUT2D eigenvalue weighted by atomic mass is 32.2. The monoisotopic (exact) mass is 182 g/mol. The van der Waals surface area contributed by atoms with E-state index in [2.05, 4.69) is 9.97 Å². The summed E-state index contributed by atoms with van der Waals surface area (Å²) in [5.41, 5.74) is 0.858. The summed E-state index contributed by atoms with van der Waals surface area (Å²) in [4.78, 5) is 8.26. The van der Waals surface area contributed by atoms with Crippen molar-refractivity contribution in [1.29, 1.82) is 0 Å². The molecule has 0 unspecified atom stereocenters. The van der Waals surface area contributed by atoms with Gasteiger partial charge in [0.25, 0.3) is 0 Å². The molecule has 0 atom stereocenters. The number of hydrogen-bond acceptors (Lipinski definition) is 4. The maximum atomic E-state index is 4.77. The molecule has 1 rings (SSSR count). The number of ether oxygens (including phenoxy) is 1. The number of nitrogens with zero attached hydrogens (tertiary/aromatic N) is 2. The van der Waals surface area contributed by atoms with Crippen molar-refractivity contribution >= 4 is 17.8 Å². The lowest BCUT2D eigenvalue weighted by Crippen LogP contribution is -1.87. The van der Waals surface area contributed by atoms with Gasteiger partial charge in [0.05, 0.1) is 19.1 Å². The van der Waals surface area contributed by atoms with Crippen molar-refractivity contribution in [3.05, 3.63) is 24.2 Å². The Balaban J connectivity index is 2.79. The number of hydrogen-bond donors (Lipinski definition) is 0. The van der Waals surface area contributed by atoms with Crippen LogP contribution in [0.3, 0.4) is 0 Å². The van der Waals surface area contributed by atoms with Gasteiger partial charge in [-0.05, 0) is 18.4 Å². The van der Waals surface area contributed by atoms with Crippen LogP contribution in [-0.4, -0.2) is 23.3 Å². The van der Waals surface area contributed by atoms with Crippen molar-refractivity contribution in [2.45, 2.75) is 5.16 Å². The molecule has 0 aliphatic heterocycles. The fourth-order valence-corrected chi connectivity index (χ4v) is 1.05. The van der Waals surface area contributed by atoms with Crippen LogP contribution >= 0.6 is 11.8 Å². The molecular formula is C8H10N2OS. The Morgan fingerprint density at radius 1 is 1.58 bits per heavy atom. The average molecular weight is 182 g/mol. The maximum absolute atomic E-state index is 4.77. The summed E-state index contributed by atoms with van der Waals surface area (Å²) < 4.78 is 4.77. The molecule has 0 fully saturated rings. The predicted molar refractivity (Wildman–Crippen MR) is 49.9 cm³/mol. The largest absolute Gasteiger partial charge is 0.504 e. The van der Waals surface area contributed by atoms with Gasteiger partial charge in [-0.1, -0.05) is 11.8 Å². The van der Waals surface area contributed by atoms with Crippen LogP contribution in [0.4, 0.5) is 0 Å². The fraction of sp³-hybridized carbons (Fsp3) is 0.250. The summed E-state index contributed by atoms with van der Waals surface area (Å²) in [5, 5.41) is 0.772. The molecule has 3 nitrogen and oxygen atoms in total. The van der Waals surface area contributed by atoms with Crippen molar-refractivity contribution in [2.75, 3.05) is 13.4 Å². The van der Waals surface area contributed by atoms with Gasteiger partial charge in [-0.15, -0.1) is 0 Å². The Morgan fingerprint density at radius 3 is 3.08 bits per heavy atom. The first-order chi connectivity index (χ1) is 5.86. The van der Waals surface area contributed by atoms with E-state index in [1.54, 1.807) is 25.6 Å². The molecular weight excluding hydrogens is 172 g/mol. The normalized spacial score (nSPS) is 10.5. The topological polar surface area (TPSA) is 35.0 Å². The number of aromatic nitrogens is 2. The highest BCUT2D eigenvalue weighted by Gasteiger charge is 1.92. The molecule has 0 aromatic carbocycles. The second-order valence-electron chi connectivity index (χ2n) is 2.01. The summed E-state index contributed by atoms with van der Waals surface area (Å²) in [6, 6.07) is 1.83.